The van der Waals surface area contributed by atoms with Crippen LogP contribution in [0.4, 0.5) is 5.13 Å². The Hall–Kier alpha value is -5.10. The van der Waals surface area contributed by atoms with Gasteiger partial charge in [-0.2, -0.15) is 0 Å². The first-order valence-corrected chi connectivity index (χ1v) is 14.0. The third-order valence-corrected chi connectivity index (χ3v) is 7.85. The average Bonchev–Trinajstić information content (AvgIpc) is 3.69. The molecular weight excluding hydrogens is 576 g/mol. The highest BCUT2D eigenvalue weighted by molar-refractivity contribution is 7.17. The largest absolute Gasteiger partial charge is 0.503 e. The number of para-hydroxylation sites is 1. The van der Waals surface area contributed by atoms with E-state index in [4.69, 9.17) is 23.4 Å². The number of carbonyl (C=O) groups excluding carboxylic acids is 3. The number of furan rings is 1. The number of ketones is 1. The molecular formula is C31H28N2O9S. The van der Waals surface area contributed by atoms with E-state index in [1.165, 1.54) is 31.3 Å². The number of hydrogen-bond donors (Lipinski definition) is 1. The number of aryl methyl sites for hydroxylation is 1. The summed E-state index contributed by atoms with van der Waals surface area (Å²) in [6.07, 6.45) is 1.43. The number of Topliss-reactive ketones (excluding diaryl/α,β-unsaturated/α-hetero) is 1. The summed E-state index contributed by atoms with van der Waals surface area (Å²) in [4.78, 5) is 46.2. The van der Waals surface area contributed by atoms with Gasteiger partial charge in [0, 0.05) is 5.39 Å². The molecule has 0 aliphatic carbocycles. The van der Waals surface area contributed by atoms with Gasteiger partial charge in [-0.05, 0) is 43.7 Å². The second kappa shape index (κ2) is 12.0. The fourth-order valence-corrected chi connectivity index (χ4v) is 5.78. The van der Waals surface area contributed by atoms with Crippen molar-refractivity contribution >= 4 is 45.1 Å². The van der Waals surface area contributed by atoms with Crippen LogP contribution in [0.15, 0.2) is 70.9 Å². The number of aliphatic hydroxyl groups is 1. The number of benzene rings is 2. The Balaban J connectivity index is 1.66. The third-order valence-electron chi connectivity index (χ3n) is 6.72. The van der Waals surface area contributed by atoms with E-state index in [1.807, 2.05) is 6.92 Å². The number of fused-ring (bicyclic) bond motifs is 1. The zero-order valence-electron chi connectivity index (χ0n) is 23.8. The molecule has 5 rings (SSSR count). The number of anilines is 1. The molecule has 0 spiro atoms. The van der Waals surface area contributed by atoms with Crippen LogP contribution in [0, 0.1) is 6.92 Å². The molecule has 1 amide bonds. The fraction of sp³-hybridized carbons (Fsp3) is 0.226. The molecule has 0 fully saturated rings. The number of nitrogens with zero attached hydrogens (tertiary/aromatic N) is 2. The van der Waals surface area contributed by atoms with E-state index in [0.717, 1.165) is 11.3 Å². The van der Waals surface area contributed by atoms with Crippen LogP contribution >= 0.6 is 11.3 Å². The molecule has 0 bridgehead atoms. The van der Waals surface area contributed by atoms with Crippen molar-refractivity contribution in [3.63, 3.8) is 0 Å². The van der Waals surface area contributed by atoms with Gasteiger partial charge in [0.25, 0.3) is 5.91 Å². The number of hydrogen-bond acceptors (Lipinski definition) is 11. The highest BCUT2D eigenvalue weighted by atomic mass is 32.1. The summed E-state index contributed by atoms with van der Waals surface area (Å²) in [5.74, 6) is -1.91. The molecule has 1 aliphatic rings. The van der Waals surface area contributed by atoms with Crippen LogP contribution in [0.1, 0.15) is 44.4 Å². The maximum absolute atomic E-state index is 14.1. The molecule has 43 heavy (non-hydrogen) atoms. The molecule has 1 unspecified atom stereocenters. The minimum Gasteiger partial charge on any atom is -0.503 e. The molecule has 12 heteroatoms. The van der Waals surface area contributed by atoms with E-state index >= 15 is 0 Å². The predicted octanol–water partition coefficient (Wildman–Crippen LogP) is 5.74. The lowest BCUT2D eigenvalue weighted by Gasteiger charge is -2.25. The Bertz CT molecular complexity index is 1780. The van der Waals surface area contributed by atoms with Gasteiger partial charge in [0.1, 0.15) is 11.5 Å². The van der Waals surface area contributed by atoms with Crippen LogP contribution in [0.3, 0.4) is 0 Å². The van der Waals surface area contributed by atoms with Gasteiger partial charge >= 0.3 is 5.97 Å². The minimum absolute atomic E-state index is 0.00791. The van der Waals surface area contributed by atoms with Gasteiger partial charge in [-0.25, -0.2) is 9.78 Å². The van der Waals surface area contributed by atoms with Crippen molar-refractivity contribution in [2.75, 3.05) is 32.3 Å². The van der Waals surface area contributed by atoms with Crippen LogP contribution in [-0.2, 0) is 9.53 Å². The molecule has 1 atom stereocenters. The van der Waals surface area contributed by atoms with Gasteiger partial charge in [0.2, 0.25) is 5.78 Å². The Kier molecular flexibility index (Phi) is 8.22. The summed E-state index contributed by atoms with van der Waals surface area (Å²) in [6.45, 7) is 7.34. The SMILES string of the molecule is C=CCOC(=O)c1sc(N2C(=O)C(O)=C(C(=O)c3cc4cccc(OC)c4o3)C2c2ccc(OCC)c(OC)c2)nc1C. The number of ether oxygens (including phenoxy) is 4. The van der Waals surface area contributed by atoms with Crippen LogP contribution < -0.4 is 19.1 Å². The van der Waals surface area contributed by atoms with Crippen LogP contribution in [0.25, 0.3) is 11.0 Å². The third kappa shape index (κ3) is 5.21. The number of amides is 1. The number of methoxy groups -OCH3 is 2. The van der Waals surface area contributed by atoms with E-state index in [0.29, 0.717) is 46.1 Å². The molecule has 0 saturated carbocycles. The number of carbonyl (C=O) groups is 3. The first-order valence-electron chi connectivity index (χ1n) is 13.2. The molecule has 11 nitrogen and oxygen atoms in total. The summed E-state index contributed by atoms with van der Waals surface area (Å²) in [6, 6.07) is 10.5. The van der Waals surface area contributed by atoms with Crippen molar-refractivity contribution in [3.05, 3.63) is 88.3 Å². The molecule has 3 heterocycles. The van der Waals surface area contributed by atoms with Crippen molar-refractivity contribution in [1.29, 1.82) is 0 Å². The number of aliphatic hydroxyl groups excluding tert-OH is 1. The summed E-state index contributed by atoms with van der Waals surface area (Å²) in [5.41, 5.74) is 0.830. The summed E-state index contributed by atoms with van der Waals surface area (Å²) in [7, 11) is 2.94. The highest BCUT2D eigenvalue weighted by Crippen LogP contribution is 2.46. The smallest absolute Gasteiger partial charge is 0.350 e. The molecule has 2 aromatic heterocycles. The molecule has 222 valence electrons. The topological polar surface area (TPSA) is 138 Å². The molecule has 4 aromatic rings. The second-order valence-electron chi connectivity index (χ2n) is 9.30. The Morgan fingerprint density at radius 3 is 2.60 bits per heavy atom. The first kappa shape index (κ1) is 29.4. The van der Waals surface area contributed by atoms with Crippen LogP contribution in [0.5, 0.6) is 17.2 Å². The lowest BCUT2D eigenvalue weighted by Crippen LogP contribution is -2.31. The van der Waals surface area contributed by atoms with E-state index in [2.05, 4.69) is 11.6 Å². The molecule has 2 aromatic carbocycles. The molecule has 0 saturated heterocycles. The standard InChI is InChI=1S/C31H28N2O9S/c1-6-13-41-30(37)28-16(3)32-31(43-28)33-24(17-11-12-19(40-7-2)21(14-17)39-5)23(26(35)29(33)36)25(34)22-15-18-9-8-10-20(38-4)27(18)42-22/h6,8-12,14-15,24,35H,1,7,13H2,2-5H3. The monoisotopic (exact) mass is 604 g/mol. The highest BCUT2D eigenvalue weighted by Gasteiger charge is 2.47. The number of esters is 1. The number of thiazole rings is 1. The van der Waals surface area contributed by atoms with E-state index in [9.17, 15) is 19.5 Å². The lowest BCUT2D eigenvalue weighted by molar-refractivity contribution is -0.117. The fourth-order valence-electron chi connectivity index (χ4n) is 4.80. The van der Waals surface area contributed by atoms with Crippen molar-refractivity contribution in [1.82, 2.24) is 4.98 Å². The average molecular weight is 605 g/mol. The zero-order chi connectivity index (χ0) is 30.8. The lowest BCUT2D eigenvalue weighted by atomic mass is 9.95. The summed E-state index contributed by atoms with van der Waals surface area (Å²) >= 11 is 0.899. The van der Waals surface area contributed by atoms with E-state index in [-0.39, 0.29) is 27.9 Å². The van der Waals surface area contributed by atoms with Gasteiger partial charge in [0.05, 0.1) is 38.1 Å². The quantitative estimate of drug-likeness (QED) is 0.128. The zero-order valence-corrected chi connectivity index (χ0v) is 24.6. The van der Waals surface area contributed by atoms with Crippen molar-refractivity contribution < 1.29 is 42.9 Å². The minimum atomic E-state index is -1.16. The maximum Gasteiger partial charge on any atom is 0.350 e. The number of aromatic nitrogens is 1. The molecule has 1 N–H and O–H groups in total. The maximum atomic E-state index is 14.1. The summed E-state index contributed by atoms with van der Waals surface area (Å²) in [5, 5.41) is 11.9. The Labute approximate surface area is 250 Å². The predicted molar refractivity (Wildman–Crippen MR) is 158 cm³/mol. The molecule has 0 radical (unpaired) electrons. The van der Waals surface area contributed by atoms with Crippen molar-refractivity contribution in [2.24, 2.45) is 0 Å². The summed E-state index contributed by atoms with van der Waals surface area (Å²) < 4.78 is 27.6. The first-order chi connectivity index (χ1) is 20.7. The Morgan fingerprint density at radius 2 is 1.91 bits per heavy atom. The second-order valence-corrected chi connectivity index (χ2v) is 10.3. The van der Waals surface area contributed by atoms with Crippen molar-refractivity contribution in [3.8, 4) is 17.2 Å². The van der Waals surface area contributed by atoms with Gasteiger partial charge in [-0.1, -0.05) is 42.2 Å². The number of rotatable bonds is 11. The van der Waals surface area contributed by atoms with Crippen LogP contribution in [0.2, 0.25) is 0 Å². The van der Waals surface area contributed by atoms with Gasteiger partial charge in [-0.3, -0.25) is 14.5 Å². The van der Waals surface area contributed by atoms with Gasteiger partial charge < -0.3 is 28.5 Å². The van der Waals surface area contributed by atoms with Gasteiger partial charge in [-0.15, -0.1) is 0 Å². The van der Waals surface area contributed by atoms with Crippen molar-refractivity contribution in [2.45, 2.75) is 19.9 Å². The molecule has 1 aliphatic heterocycles. The normalized spacial score (nSPS) is 14.7. The Morgan fingerprint density at radius 1 is 1.14 bits per heavy atom. The van der Waals surface area contributed by atoms with E-state index in [1.54, 1.807) is 43.3 Å². The van der Waals surface area contributed by atoms with E-state index < -0.39 is 29.5 Å². The van der Waals surface area contributed by atoms with Crippen LogP contribution in [-0.4, -0.2) is 55.2 Å². The van der Waals surface area contributed by atoms with Gasteiger partial charge in [0.15, 0.2) is 39.5 Å².